The Labute approximate surface area is 151 Å². The molecule has 0 aliphatic rings. The third-order valence-corrected chi connectivity index (χ3v) is 5.74. The molecule has 0 fully saturated rings. The monoisotopic (exact) mass is 380 g/mol. The van der Waals surface area contributed by atoms with Gasteiger partial charge >= 0.3 is 0 Å². The standard InChI is InChI=1S/C17H20N2O4S2/c1-4-14-11(2)9-15(24-14)17(21)19-18-16(20)13-7-5-12(6-8-13)10-25(3,22)23/h5-9H,4,10H2,1-3H3,(H,18,20)(H,19,21). The molecule has 0 saturated heterocycles. The predicted octanol–water partition coefficient (Wildman–Crippen LogP) is 2.24. The van der Waals surface area contributed by atoms with Crippen LogP contribution >= 0.6 is 11.3 Å². The van der Waals surface area contributed by atoms with E-state index in [9.17, 15) is 18.0 Å². The number of hydrogen-bond donors (Lipinski definition) is 2. The Morgan fingerprint density at radius 3 is 2.20 bits per heavy atom. The van der Waals surface area contributed by atoms with E-state index in [0.29, 0.717) is 16.0 Å². The molecule has 0 aliphatic carbocycles. The number of benzene rings is 1. The summed E-state index contributed by atoms with van der Waals surface area (Å²) in [5.74, 6) is -0.915. The molecule has 0 radical (unpaired) electrons. The highest BCUT2D eigenvalue weighted by Crippen LogP contribution is 2.22. The molecular formula is C17H20N2O4S2. The fourth-order valence-electron chi connectivity index (χ4n) is 2.29. The summed E-state index contributed by atoms with van der Waals surface area (Å²) in [6.45, 7) is 3.97. The van der Waals surface area contributed by atoms with E-state index in [0.717, 1.165) is 23.1 Å². The number of hydrogen-bond acceptors (Lipinski definition) is 5. The van der Waals surface area contributed by atoms with Crippen LogP contribution in [0.1, 0.15) is 43.0 Å². The van der Waals surface area contributed by atoms with Crippen LogP contribution in [0, 0.1) is 6.92 Å². The molecule has 0 bridgehead atoms. The Bertz CT molecular complexity index is 884. The normalized spacial score (nSPS) is 11.2. The zero-order valence-electron chi connectivity index (χ0n) is 14.3. The van der Waals surface area contributed by atoms with Crippen molar-refractivity contribution in [3.8, 4) is 0 Å². The van der Waals surface area contributed by atoms with Gasteiger partial charge in [0.1, 0.15) is 0 Å². The number of aryl methyl sites for hydroxylation is 2. The highest BCUT2D eigenvalue weighted by atomic mass is 32.2. The summed E-state index contributed by atoms with van der Waals surface area (Å²) < 4.78 is 22.5. The predicted molar refractivity (Wildman–Crippen MR) is 98.4 cm³/mol. The molecule has 0 spiro atoms. The van der Waals surface area contributed by atoms with Crippen LogP contribution in [0.5, 0.6) is 0 Å². The zero-order chi connectivity index (χ0) is 18.6. The minimum absolute atomic E-state index is 0.0802. The van der Waals surface area contributed by atoms with Crippen molar-refractivity contribution >= 4 is 33.0 Å². The number of carbonyl (C=O) groups is 2. The molecule has 6 nitrogen and oxygen atoms in total. The van der Waals surface area contributed by atoms with Gasteiger partial charge in [0.15, 0.2) is 9.84 Å². The minimum atomic E-state index is -3.12. The average molecular weight is 380 g/mol. The lowest BCUT2D eigenvalue weighted by Gasteiger charge is -2.07. The van der Waals surface area contributed by atoms with Crippen molar-refractivity contribution in [1.29, 1.82) is 0 Å². The maximum Gasteiger partial charge on any atom is 0.279 e. The molecular weight excluding hydrogens is 360 g/mol. The van der Waals surface area contributed by atoms with Crippen LogP contribution in [0.4, 0.5) is 0 Å². The Balaban J connectivity index is 1.96. The van der Waals surface area contributed by atoms with Crippen LogP contribution in [0.25, 0.3) is 0 Å². The maximum absolute atomic E-state index is 12.1. The second-order valence-corrected chi connectivity index (χ2v) is 9.02. The van der Waals surface area contributed by atoms with Crippen LogP contribution in [-0.4, -0.2) is 26.5 Å². The van der Waals surface area contributed by atoms with Crippen LogP contribution < -0.4 is 10.9 Å². The zero-order valence-corrected chi connectivity index (χ0v) is 15.9. The van der Waals surface area contributed by atoms with E-state index in [1.165, 1.54) is 23.5 Å². The summed E-state index contributed by atoms with van der Waals surface area (Å²) >= 11 is 1.40. The number of nitrogens with one attached hydrogen (secondary N) is 2. The van der Waals surface area contributed by atoms with Gasteiger partial charge in [0.25, 0.3) is 11.8 Å². The number of hydrazine groups is 1. The van der Waals surface area contributed by atoms with E-state index in [1.807, 2.05) is 13.8 Å². The first-order chi connectivity index (χ1) is 11.7. The van der Waals surface area contributed by atoms with E-state index in [1.54, 1.807) is 18.2 Å². The fraction of sp³-hybridized carbons (Fsp3) is 0.294. The number of amides is 2. The third kappa shape index (κ3) is 5.40. The number of carbonyl (C=O) groups excluding carboxylic acids is 2. The van der Waals surface area contributed by atoms with Crippen molar-refractivity contribution in [3.63, 3.8) is 0 Å². The van der Waals surface area contributed by atoms with Crippen molar-refractivity contribution in [1.82, 2.24) is 10.9 Å². The van der Waals surface area contributed by atoms with Crippen LogP contribution in [0.3, 0.4) is 0 Å². The lowest BCUT2D eigenvalue weighted by molar-refractivity contribution is 0.0849. The van der Waals surface area contributed by atoms with Crippen molar-refractivity contribution in [3.05, 3.63) is 56.8 Å². The molecule has 1 heterocycles. The van der Waals surface area contributed by atoms with Gasteiger partial charge in [0.2, 0.25) is 0 Å². The SMILES string of the molecule is CCc1sc(C(=O)NNC(=O)c2ccc(CS(C)(=O)=O)cc2)cc1C. The molecule has 8 heteroatoms. The molecule has 2 N–H and O–H groups in total. The molecule has 134 valence electrons. The van der Waals surface area contributed by atoms with Crippen LogP contribution in [-0.2, 0) is 22.0 Å². The average Bonchev–Trinajstić information content (AvgIpc) is 2.92. The Morgan fingerprint density at radius 2 is 1.68 bits per heavy atom. The highest BCUT2D eigenvalue weighted by Gasteiger charge is 2.13. The van der Waals surface area contributed by atoms with Gasteiger partial charge in [-0.05, 0) is 42.7 Å². The first-order valence-electron chi connectivity index (χ1n) is 7.66. The van der Waals surface area contributed by atoms with Crippen molar-refractivity contribution in [2.45, 2.75) is 26.0 Å². The summed E-state index contributed by atoms with van der Waals surface area (Å²) in [5.41, 5.74) is 6.74. The molecule has 1 aromatic carbocycles. The van der Waals surface area contributed by atoms with Gasteiger partial charge in [-0.15, -0.1) is 11.3 Å². The topological polar surface area (TPSA) is 92.3 Å². The largest absolute Gasteiger partial charge is 0.279 e. The number of sulfone groups is 1. The highest BCUT2D eigenvalue weighted by molar-refractivity contribution is 7.89. The third-order valence-electron chi connectivity index (χ3n) is 3.50. The maximum atomic E-state index is 12.1. The lowest BCUT2D eigenvalue weighted by Crippen LogP contribution is -2.41. The Kier molecular flexibility index (Phi) is 5.97. The summed E-state index contributed by atoms with van der Waals surface area (Å²) in [5, 5.41) is 0. The fourth-order valence-corrected chi connectivity index (χ4v) is 4.09. The van der Waals surface area contributed by atoms with E-state index in [2.05, 4.69) is 10.9 Å². The molecule has 2 rings (SSSR count). The number of thiophene rings is 1. The molecule has 2 aromatic rings. The molecule has 2 amide bonds. The quantitative estimate of drug-likeness (QED) is 0.778. The smallest absolute Gasteiger partial charge is 0.267 e. The molecule has 0 atom stereocenters. The lowest BCUT2D eigenvalue weighted by atomic mass is 10.1. The van der Waals surface area contributed by atoms with Crippen molar-refractivity contribution < 1.29 is 18.0 Å². The van der Waals surface area contributed by atoms with Gasteiger partial charge in [-0.25, -0.2) is 8.42 Å². The van der Waals surface area contributed by atoms with Gasteiger partial charge in [-0.3, -0.25) is 20.4 Å². The van der Waals surface area contributed by atoms with Crippen molar-refractivity contribution in [2.24, 2.45) is 0 Å². The van der Waals surface area contributed by atoms with Crippen molar-refractivity contribution in [2.75, 3.05) is 6.26 Å². The second kappa shape index (κ2) is 7.79. The summed E-state index contributed by atoms with van der Waals surface area (Å²) in [7, 11) is -3.12. The molecule has 25 heavy (non-hydrogen) atoms. The molecule has 1 aromatic heterocycles. The van der Waals surface area contributed by atoms with Gasteiger partial charge in [0.05, 0.1) is 10.6 Å². The first kappa shape index (κ1) is 19.1. The second-order valence-electron chi connectivity index (χ2n) is 5.75. The van der Waals surface area contributed by atoms with E-state index < -0.39 is 15.7 Å². The molecule has 0 saturated carbocycles. The van der Waals surface area contributed by atoms with Crippen LogP contribution in [0.2, 0.25) is 0 Å². The summed E-state index contributed by atoms with van der Waals surface area (Å²) in [6, 6.07) is 7.99. The number of rotatable bonds is 5. The Hall–Kier alpha value is -2.19. The Morgan fingerprint density at radius 1 is 1.08 bits per heavy atom. The van der Waals surface area contributed by atoms with Crippen LogP contribution in [0.15, 0.2) is 30.3 Å². The first-order valence-corrected chi connectivity index (χ1v) is 10.5. The molecule has 0 unspecified atom stereocenters. The van der Waals surface area contributed by atoms with E-state index >= 15 is 0 Å². The van der Waals surface area contributed by atoms with Gasteiger partial charge in [-0.1, -0.05) is 19.1 Å². The molecule has 0 aliphatic heterocycles. The van der Waals surface area contributed by atoms with Gasteiger partial charge < -0.3 is 0 Å². The van der Waals surface area contributed by atoms with Gasteiger partial charge in [0, 0.05) is 16.7 Å². The summed E-state index contributed by atoms with van der Waals surface area (Å²) in [6.07, 6.45) is 2.01. The summed E-state index contributed by atoms with van der Waals surface area (Å²) in [4.78, 5) is 25.8. The van der Waals surface area contributed by atoms with Gasteiger partial charge in [-0.2, -0.15) is 0 Å². The minimum Gasteiger partial charge on any atom is -0.267 e. The van der Waals surface area contributed by atoms with E-state index in [-0.39, 0.29) is 11.7 Å². The van der Waals surface area contributed by atoms with E-state index in [4.69, 9.17) is 0 Å².